The van der Waals surface area contributed by atoms with Gasteiger partial charge < -0.3 is 14.6 Å². The summed E-state index contributed by atoms with van der Waals surface area (Å²) in [7, 11) is 0. The van der Waals surface area contributed by atoms with E-state index in [1.807, 2.05) is 0 Å². The molecule has 2 fully saturated rings. The van der Waals surface area contributed by atoms with E-state index < -0.39 is 0 Å². The molecule has 2 aliphatic heterocycles. The van der Waals surface area contributed by atoms with Crippen molar-refractivity contribution in [3.63, 3.8) is 0 Å². The van der Waals surface area contributed by atoms with E-state index in [2.05, 4.69) is 75.5 Å². The topological polar surface area (TPSA) is 32.6 Å². The molecule has 1 aromatic carbocycles. The number of likely N-dealkylation sites (tertiary alicyclic amines) is 1. The van der Waals surface area contributed by atoms with Gasteiger partial charge in [0.1, 0.15) is 5.65 Å². The van der Waals surface area contributed by atoms with Gasteiger partial charge in [-0.25, -0.2) is 4.98 Å². The molecule has 4 nitrogen and oxygen atoms in total. The van der Waals surface area contributed by atoms with Crippen molar-refractivity contribution in [2.45, 2.75) is 31.1 Å². The monoisotopic (exact) mass is 374 g/mol. The summed E-state index contributed by atoms with van der Waals surface area (Å²) < 4.78 is 2.17. The summed E-state index contributed by atoms with van der Waals surface area (Å²) in [4.78, 5) is 7.75. The summed E-state index contributed by atoms with van der Waals surface area (Å²) in [5, 5.41) is 3.57. The van der Waals surface area contributed by atoms with Gasteiger partial charge in [-0.1, -0.05) is 36.4 Å². The van der Waals surface area contributed by atoms with Crippen LogP contribution in [0.4, 0.5) is 0 Å². The number of imidazole rings is 1. The lowest BCUT2D eigenvalue weighted by Gasteiger charge is -2.42. The number of nitrogens with zero attached hydrogens (tertiary/aromatic N) is 3. The Hall–Kier alpha value is -2.17. The Labute approximate surface area is 167 Å². The molecule has 2 saturated heterocycles. The van der Waals surface area contributed by atoms with E-state index in [0.29, 0.717) is 0 Å². The second-order valence-electron chi connectivity index (χ2n) is 8.55. The van der Waals surface area contributed by atoms with Crippen molar-refractivity contribution < 1.29 is 0 Å². The molecule has 2 aromatic heterocycles. The highest BCUT2D eigenvalue weighted by Gasteiger charge is 2.40. The predicted molar refractivity (Wildman–Crippen MR) is 114 cm³/mol. The number of fused-ring (bicyclic) bond motifs is 1. The van der Waals surface area contributed by atoms with Crippen molar-refractivity contribution in [1.29, 1.82) is 0 Å². The van der Waals surface area contributed by atoms with E-state index in [-0.39, 0.29) is 5.41 Å². The Morgan fingerprint density at radius 3 is 2.61 bits per heavy atom. The predicted octanol–water partition coefficient (Wildman–Crippen LogP) is 3.72. The fourth-order valence-electron chi connectivity index (χ4n) is 5.18. The third kappa shape index (κ3) is 3.36. The fourth-order valence-corrected chi connectivity index (χ4v) is 5.18. The smallest absolute Gasteiger partial charge is 0.137 e. The highest BCUT2D eigenvalue weighted by Crippen LogP contribution is 2.41. The minimum Gasteiger partial charge on any atom is -0.316 e. The number of nitrogens with one attached hydrogen (secondary N) is 1. The third-order valence-corrected chi connectivity index (χ3v) is 6.81. The van der Waals surface area contributed by atoms with Crippen LogP contribution in [-0.4, -0.2) is 47.0 Å². The number of piperidine rings is 2. The number of hydrogen-bond acceptors (Lipinski definition) is 3. The third-order valence-electron chi connectivity index (χ3n) is 6.81. The van der Waals surface area contributed by atoms with Crippen molar-refractivity contribution in [2.75, 3.05) is 32.7 Å². The van der Waals surface area contributed by atoms with Crippen molar-refractivity contribution >= 4 is 5.65 Å². The van der Waals surface area contributed by atoms with Gasteiger partial charge in [0.2, 0.25) is 0 Å². The van der Waals surface area contributed by atoms with Crippen molar-refractivity contribution in [3.8, 4) is 0 Å². The van der Waals surface area contributed by atoms with Crippen LogP contribution >= 0.6 is 0 Å². The average molecular weight is 375 g/mol. The number of hydrogen-bond donors (Lipinski definition) is 1. The van der Waals surface area contributed by atoms with Crippen LogP contribution in [-0.2, 0) is 5.41 Å². The summed E-state index contributed by atoms with van der Waals surface area (Å²) >= 11 is 0. The Balaban J connectivity index is 1.42. The maximum absolute atomic E-state index is 5.06. The Bertz CT molecular complexity index is 870. The maximum atomic E-state index is 5.06. The van der Waals surface area contributed by atoms with E-state index >= 15 is 0 Å². The molecular formula is C24H30N4. The Kier molecular flexibility index (Phi) is 4.91. The molecule has 1 unspecified atom stereocenters. The molecule has 5 rings (SSSR count). The molecule has 0 amide bonds. The normalized spacial score (nSPS) is 23.1. The van der Waals surface area contributed by atoms with Gasteiger partial charge in [0, 0.05) is 24.4 Å². The minimum absolute atomic E-state index is 0.0224. The zero-order valence-corrected chi connectivity index (χ0v) is 16.6. The SMILES string of the molecule is c1ccc(C2(c3cn4ccccc4n3)CCN(CC3CCCNC3)CC2)cc1. The molecule has 2 aliphatic rings. The zero-order valence-electron chi connectivity index (χ0n) is 16.6. The Morgan fingerprint density at radius 1 is 1.04 bits per heavy atom. The van der Waals surface area contributed by atoms with E-state index in [1.165, 1.54) is 43.7 Å². The summed E-state index contributed by atoms with van der Waals surface area (Å²) in [6.45, 7) is 5.93. The van der Waals surface area contributed by atoms with Crippen LogP contribution in [0.1, 0.15) is 36.9 Å². The number of benzene rings is 1. The molecule has 0 radical (unpaired) electrons. The van der Waals surface area contributed by atoms with Gasteiger partial charge in [-0.05, 0) is 75.5 Å². The zero-order chi connectivity index (χ0) is 18.8. The molecule has 1 N–H and O–H groups in total. The fraction of sp³-hybridized carbons (Fsp3) is 0.458. The number of aromatic nitrogens is 2. The summed E-state index contributed by atoms with van der Waals surface area (Å²) in [5.41, 5.74) is 3.71. The molecule has 4 heteroatoms. The molecule has 28 heavy (non-hydrogen) atoms. The van der Waals surface area contributed by atoms with Gasteiger partial charge in [0.15, 0.2) is 0 Å². The first kappa shape index (κ1) is 17.9. The van der Waals surface area contributed by atoms with Gasteiger partial charge in [-0.3, -0.25) is 0 Å². The largest absolute Gasteiger partial charge is 0.316 e. The van der Waals surface area contributed by atoms with Gasteiger partial charge >= 0.3 is 0 Å². The van der Waals surface area contributed by atoms with E-state index in [1.54, 1.807) is 0 Å². The standard InChI is InChI=1S/C24H30N4/c1-2-8-21(9-3-1)24(22-19-28-14-5-4-10-23(28)26-22)11-15-27(16-12-24)18-20-7-6-13-25-17-20/h1-5,8-10,14,19-20,25H,6-7,11-13,15-18H2. The summed E-state index contributed by atoms with van der Waals surface area (Å²) in [5.74, 6) is 0.813. The van der Waals surface area contributed by atoms with Gasteiger partial charge in [-0.15, -0.1) is 0 Å². The van der Waals surface area contributed by atoms with Crippen LogP contribution in [0.15, 0.2) is 60.9 Å². The molecule has 146 valence electrons. The lowest BCUT2D eigenvalue weighted by Crippen LogP contribution is -2.46. The molecule has 3 aromatic rings. The summed E-state index contributed by atoms with van der Waals surface area (Å²) in [6.07, 6.45) is 9.34. The van der Waals surface area contributed by atoms with Gasteiger partial charge in [-0.2, -0.15) is 0 Å². The second kappa shape index (κ2) is 7.69. The lowest BCUT2D eigenvalue weighted by molar-refractivity contribution is 0.145. The van der Waals surface area contributed by atoms with Crippen molar-refractivity contribution in [1.82, 2.24) is 19.6 Å². The van der Waals surface area contributed by atoms with E-state index in [4.69, 9.17) is 4.98 Å². The van der Waals surface area contributed by atoms with Gasteiger partial charge in [0.05, 0.1) is 5.69 Å². The highest BCUT2D eigenvalue weighted by molar-refractivity contribution is 5.45. The van der Waals surface area contributed by atoms with Crippen LogP contribution in [0.5, 0.6) is 0 Å². The van der Waals surface area contributed by atoms with E-state index in [9.17, 15) is 0 Å². The molecule has 4 heterocycles. The van der Waals surface area contributed by atoms with Crippen LogP contribution in [0.25, 0.3) is 5.65 Å². The first-order chi connectivity index (χ1) is 13.8. The molecule has 0 saturated carbocycles. The van der Waals surface area contributed by atoms with Crippen LogP contribution in [0.3, 0.4) is 0 Å². The average Bonchev–Trinajstić information content (AvgIpc) is 3.21. The molecule has 0 aliphatic carbocycles. The minimum atomic E-state index is 0.0224. The van der Waals surface area contributed by atoms with Crippen LogP contribution in [0.2, 0.25) is 0 Å². The van der Waals surface area contributed by atoms with Gasteiger partial charge in [0.25, 0.3) is 0 Å². The molecule has 1 atom stereocenters. The number of rotatable bonds is 4. The molecule has 0 bridgehead atoms. The van der Waals surface area contributed by atoms with Crippen LogP contribution in [0, 0.1) is 5.92 Å². The molecule has 0 spiro atoms. The van der Waals surface area contributed by atoms with Crippen molar-refractivity contribution in [3.05, 3.63) is 72.2 Å². The van der Waals surface area contributed by atoms with Crippen molar-refractivity contribution in [2.24, 2.45) is 5.92 Å². The maximum Gasteiger partial charge on any atom is 0.137 e. The highest BCUT2D eigenvalue weighted by atomic mass is 15.1. The first-order valence-electron chi connectivity index (χ1n) is 10.8. The summed E-state index contributed by atoms with van der Waals surface area (Å²) in [6, 6.07) is 17.3. The quantitative estimate of drug-likeness (QED) is 0.756. The second-order valence-corrected chi connectivity index (χ2v) is 8.55. The van der Waals surface area contributed by atoms with Crippen LogP contribution < -0.4 is 5.32 Å². The number of pyridine rings is 1. The Morgan fingerprint density at radius 2 is 1.86 bits per heavy atom. The molecular weight excluding hydrogens is 344 g/mol. The lowest BCUT2D eigenvalue weighted by atomic mass is 9.70. The van der Waals surface area contributed by atoms with E-state index in [0.717, 1.165) is 37.5 Å². The first-order valence-corrected chi connectivity index (χ1v) is 10.8.